The van der Waals surface area contributed by atoms with Crippen LogP contribution in [-0.2, 0) is 7.05 Å². The molecule has 0 aliphatic heterocycles. The Bertz CT molecular complexity index is 345. The molecule has 1 aromatic heterocycles. The van der Waals surface area contributed by atoms with Gasteiger partial charge < -0.3 is 15.4 Å². The number of imidazole rings is 1. The number of aromatic nitrogens is 2. The Labute approximate surface area is 81.4 Å². The summed E-state index contributed by atoms with van der Waals surface area (Å²) < 4.78 is 1.58. The lowest BCUT2D eigenvalue weighted by Crippen LogP contribution is -2.06. The van der Waals surface area contributed by atoms with Crippen LogP contribution in [0.15, 0.2) is 19.0 Å². The van der Waals surface area contributed by atoms with Gasteiger partial charge in [0.25, 0.3) is 0 Å². The molecule has 1 aromatic rings. The average molecular weight is 196 g/mol. The maximum atomic E-state index is 10.5. The van der Waals surface area contributed by atoms with Crippen molar-refractivity contribution < 1.29 is 4.92 Å². The first kappa shape index (κ1) is 10.2. The van der Waals surface area contributed by atoms with E-state index in [9.17, 15) is 10.1 Å². The highest BCUT2D eigenvalue weighted by molar-refractivity contribution is 5.51. The number of hydrogen-bond donors (Lipinski definition) is 1. The van der Waals surface area contributed by atoms with Crippen LogP contribution in [0, 0.1) is 10.1 Å². The molecule has 1 heterocycles. The van der Waals surface area contributed by atoms with E-state index in [4.69, 9.17) is 0 Å². The molecule has 0 radical (unpaired) electrons. The Kier molecular flexibility index (Phi) is 3.22. The lowest BCUT2D eigenvalue weighted by atomic mass is 10.4. The summed E-state index contributed by atoms with van der Waals surface area (Å²) in [6, 6.07) is 0. The van der Waals surface area contributed by atoms with E-state index in [1.54, 1.807) is 17.7 Å². The molecule has 0 aromatic carbocycles. The first-order valence-corrected chi connectivity index (χ1v) is 4.17. The molecular formula is C8H12N4O2. The highest BCUT2D eigenvalue weighted by Crippen LogP contribution is 2.20. The lowest BCUT2D eigenvalue weighted by Gasteiger charge is -2.03. The fourth-order valence-electron chi connectivity index (χ4n) is 1.05. The number of nitrogens with one attached hydrogen (secondary N) is 1. The molecule has 0 saturated carbocycles. The predicted octanol–water partition coefficient (Wildman–Crippen LogP) is 1.32. The summed E-state index contributed by atoms with van der Waals surface area (Å²) in [4.78, 5) is 13.7. The number of anilines is 1. The summed E-state index contributed by atoms with van der Waals surface area (Å²) in [7, 11) is 1.70. The van der Waals surface area contributed by atoms with Gasteiger partial charge in [-0.2, -0.15) is 0 Å². The number of nitro groups is 1. The zero-order chi connectivity index (χ0) is 10.6. The van der Waals surface area contributed by atoms with Crippen LogP contribution in [0.3, 0.4) is 0 Å². The number of rotatable bonds is 5. The van der Waals surface area contributed by atoms with Gasteiger partial charge in [0, 0.05) is 13.6 Å². The molecule has 0 aliphatic rings. The standard InChI is InChI=1S/C8H12N4O2/c1-3-4-5-9-7-8(12(13)14)10-6-11(7)2/h3,6,9H,1,4-5H2,2H3. The third-order valence-electron chi connectivity index (χ3n) is 1.73. The predicted molar refractivity (Wildman–Crippen MR) is 53.2 cm³/mol. The Morgan fingerprint density at radius 3 is 3.14 bits per heavy atom. The second kappa shape index (κ2) is 4.40. The minimum absolute atomic E-state index is 0.142. The van der Waals surface area contributed by atoms with Gasteiger partial charge in [-0.05, 0) is 16.3 Å². The Hall–Kier alpha value is -1.85. The molecule has 0 atom stereocenters. The molecule has 0 aliphatic carbocycles. The third kappa shape index (κ3) is 2.09. The smallest absolute Gasteiger partial charge is 0.364 e. The Morgan fingerprint density at radius 1 is 1.86 bits per heavy atom. The maximum Gasteiger partial charge on any atom is 0.406 e. The summed E-state index contributed by atoms with van der Waals surface area (Å²) in [6.45, 7) is 4.18. The summed E-state index contributed by atoms with van der Waals surface area (Å²) in [6.07, 6.45) is 3.91. The number of aryl methyl sites for hydroxylation is 1. The fraction of sp³-hybridized carbons (Fsp3) is 0.375. The van der Waals surface area contributed by atoms with Crippen molar-refractivity contribution in [1.29, 1.82) is 0 Å². The van der Waals surface area contributed by atoms with Gasteiger partial charge in [-0.1, -0.05) is 6.08 Å². The minimum atomic E-state index is -0.504. The Balaban J connectivity index is 2.77. The molecule has 1 rings (SSSR count). The number of nitrogens with zero attached hydrogens (tertiary/aromatic N) is 3. The van der Waals surface area contributed by atoms with Gasteiger partial charge in [-0.25, -0.2) is 0 Å². The van der Waals surface area contributed by atoms with Crippen molar-refractivity contribution in [3.63, 3.8) is 0 Å². The van der Waals surface area contributed by atoms with Crippen LogP contribution in [0.5, 0.6) is 0 Å². The number of hydrogen-bond acceptors (Lipinski definition) is 4. The van der Waals surface area contributed by atoms with Crippen molar-refractivity contribution in [1.82, 2.24) is 9.55 Å². The van der Waals surface area contributed by atoms with Crippen LogP contribution in [0.1, 0.15) is 6.42 Å². The molecular weight excluding hydrogens is 184 g/mol. The van der Waals surface area contributed by atoms with Crippen molar-refractivity contribution in [2.45, 2.75) is 6.42 Å². The molecule has 0 saturated heterocycles. The molecule has 0 spiro atoms. The van der Waals surface area contributed by atoms with E-state index in [2.05, 4.69) is 16.9 Å². The summed E-state index contributed by atoms with van der Waals surface area (Å²) in [5, 5.41) is 13.5. The topological polar surface area (TPSA) is 73.0 Å². The van der Waals surface area contributed by atoms with Crippen LogP contribution in [0.2, 0.25) is 0 Å². The van der Waals surface area contributed by atoms with Gasteiger partial charge in [0.2, 0.25) is 12.1 Å². The van der Waals surface area contributed by atoms with Gasteiger partial charge in [0.15, 0.2) is 0 Å². The highest BCUT2D eigenvalue weighted by Gasteiger charge is 2.18. The van der Waals surface area contributed by atoms with Crippen molar-refractivity contribution in [3.05, 3.63) is 29.1 Å². The molecule has 0 amide bonds. The maximum absolute atomic E-state index is 10.5. The van der Waals surface area contributed by atoms with E-state index in [0.29, 0.717) is 12.4 Å². The largest absolute Gasteiger partial charge is 0.406 e. The van der Waals surface area contributed by atoms with Crippen molar-refractivity contribution >= 4 is 11.6 Å². The molecule has 76 valence electrons. The first-order chi connectivity index (χ1) is 6.66. The van der Waals surface area contributed by atoms with Crippen molar-refractivity contribution in [2.75, 3.05) is 11.9 Å². The average Bonchev–Trinajstić information content (AvgIpc) is 2.48. The van der Waals surface area contributed by atoms with Crippen LogP contribution >= 0.6 is 0 Å². The van der Waals surface area contributed by atoms with Gasteiger partial charge in [-0.3, -0.25) is 4.57 Å². The van der Waals surface area contributed by atoms with E-state index in [1.807, 2.05) is 0 Å². The van der Waals surface area contributed by atoms with E-state index in [0.717, 1.165) is 6.42 Å². The summed E-state index contributed by atoms with van der Waals surface area (Å²) >= 11 is 0. The summed E-state index contributed by atoms with van der Waals surface area (Å²) in [5.41, 5.74) is 0. The van der Waals surface area contributed by atoms with Crippen LogP contribution in [-0.4, -0.2) is 21.0 Å². The van der Waals surface area contributed by atoms with Crippen LogP contribution in [0.25, 0.3) is 0 Å². The molecule has 1 N–H and O–H groups in total. The van der Waals surface area contributed by atoms with Crippen LogP contribution in [0.4, 0.5) is 11.6 Å². The van der Waals surface area contributed by atoms with Crippen LogP contribution < -0.4 is 5.32 Å². The zero-order valence-electron chi connectivity index (χ0n) is 7.93. The van der Waals surface area contributed by atoms with E-state index < -0.39 is 4.92 Å². The highest BCUT2D eigenvalue weighted by atomic mass is 16.6. The van der Waals surface area contributed by atoms with E-state index in [1.165, 1.54) is 6.33 Å². The van der Waals surface area contributed by atoms with Gasteiger partial charge in [0.05, 0.1) is 0 Å². The van der Waals surface area contributed by atoms with Crippen molar-refractivity contribution in [2.24, 2.45) is 7.05 Å². The molecule has 6 heteroatoms. The van der Waals surface area contributed by atoms with Gasteiger partial charge in [0.1, 0.15) is 0 Å². The molecule has 0 bridgehead atoms. The lowest BCUT2D eigenvalue weighted by molar-refractivity contribution is -0.388. The van der Waals surface area contributed by atoms with E-state index >= 15 is 0 Å². The Morgan fingerprint density at radius 2 is 2.57 bits per heavy atom. The quantitative estimate of drug-likeness (QED) is 0.333. The summed E-state index contributed by atoms with van der Waals surface area (Å²) in [5.74, 6) is 0.286. The fourth-order valence-corrected chi connectivity index (χ4v) is 1.05. The second-order valence-electron chi connectivity index (χ2n) is 2.79. The first-order valence-electron chi connectivity index (χ1n) is 4.17. The zero-order valence-corrected chi connectivity index (χ0v) is 7.93. The molecule has 0 unspecified atom stereocenters. The SMILES string of the molecule is C=CCCNc1c([N+](=O)[O-])ncn1C. The third-order valence-corrected chi connectivity index (χ3v) is 1.73. The normalized spacial score (nSPS) is 9.79. The van der Waals surface area contributed by atoms with Crippen molar-refractivity contribution in [3.8, 4) is 0 Å². The monoisotopic (exact) mass is 196 g/mol. The second-order valence-corrected chi connectivity index (χ2v) is 2.79. The minimum Gasteiger partial charge on any atom is -0.364 e. The molecule has 0 fully saturated rings. The molecule has 6 nitrogen and oxygen atoms in total. The van der Waals surface area contributed by atoms with Gasteiger partial charge in [-0.15, -0.1) is 6.58 Å². The van der Waals surface area contributed by atoms with Gasteiger partial charge >= 0.3 is 5.82 Å². The molecule has 14 heavy (non-hydrogen) atoms. The van der Waals surface area contributed by atoms with E-state index in [-0.39, 0.29) is 5.82 Å².